The van der Waals surface area contributed by atoms with Crippen LogP contribution in [0, 0.1) is 5.92 Å². The van der Waals surface area contributed by atoms with Gasteiger partial charge in [0.25, 0.3) is 0 Å². The largest absolute Gasteiger partial charge is 0.468 e. The SMILES string of the molecule is COC(=O)C(N)CN1CCCC(C)C1C. The van der Waals surface area contributed by atoms with E-state index >= 15 is 0 Å². The van der Waals surface area contributed by atoms with E-state index in [1.807, 2.05) is 0 Å². The van der Waals surface area contributed by atoms with Crippen molar-refractivity contribution in [1.29, 1.82) is 0 Å². The van der Waals surface area contributed by atoms with Crippen LogP contribution in [-0.2, 0) is 9.53 Å². The lowest BCUT2D eigenvalue weighted by Gasteiger charge is -2.38. The summed E-state index contributed by atoms with van der Waals surface area (Å²) in [6.07, 6.45) is 2.46. The normalized spacial score (nSPS) is 29.9. The number of esters is 1. The molecule has 1 heterocycles. The minimum atomic E-state index is -0.511. The average Bonchev–Trinajstić information content (AvgIpc) is 2.23. The molecule has 15 heavy (non-hydrogen) atoms. The highest BCUT2D eigenvalue weighted by molar-refractivity contribution is 5.75. The zero-order chi connectivity index (χ0) is 11.4. The Morgan fingerprint density at radius 2 is 2.27 bits per heavy atom. The third-order valence-electron chi connectivity index (χ3n) is 3.44. The maximum absolute atomic E-state index is 11.2. The topological polar surface area (TPSA) is 55.6 Å². The molecule has 1 aliphatic rings. The lowest BCUT2D eigenvalue weighted by atomic mass is 9.92. The Morgan fingerprint density at radius 3 is 2.87 bits per heavy atom. The van der Waals surface area contributed by atoms with Crippen molar-refractivity contribution in [2.75, 3.05) is 20.2 Å². The quantitative estimate of drug-likeness (QED) is 0.699. The van der Waals surface area contributed by atoms with Crippen molar-refractivity contribution in [2.45, 2.75) is 38.8 Å². The average molecular weight is 214 g/mol. The predicted molar refractivity (Wildman–Crippen MR) is 59.4 cm³/mol. The second-order valence-corrected chi connectivity index (χ2v) is 4.48. The molecule has 4 heteroatoms. The molecule has 0 amide bonds. The van der Waals surface area contributed by atoms with Gasteiger partial charge >= 0.3 is 5.97 Å². The molecule has 0 aromatic rings. The molecule has 0 spiro atoms. The van der Waals surface area contributed by atoms with Gasteiger partial charge in [-0.25, -0.2) is 0 Å². The summed E-state index contributed by atoms with van der Waals surface area (Å²) in [6.45, 7) is 6.10. The molecule has 88 valence electrons. The minimum absolute atomic E-state index is 0.319. The highest BCUT2D eigenvalue weighted by atomic mass is 16.5. The van der Waals surface area contributed by atoms with Gasteiger partial charge in [-0.15, -0.1) is 0 Å². The molecule has 0 radical (unpaired) electrons. The molecule has 3 atom stereocenters. The molecule has 0 saturated carbocycles. The van der Waals surface area contributed by atoms with Crippen molar-refractivity contribution in [3.05, 3.63) is 0 Å². The molecule has 4 nitrogen and oxygen atoms in total. The van der Waals surface area contributed by atoms with E-state index in [0.29, 0.717) is 18.5 Å². The van der Waals surface area contributed by atoms with Crippen LogP contribution >= 0.6 is 0 Å². The number of nitrogens with two attached hydrogens (primary N) is 1. The zero-order valence-corrected chi connectivity index (χ0v) is 9.90. The predicted octanol–water partition coefficient (Wildman–Crippen LogP) is 0.607. The first-order valence-corrected chi connectivity index (χ1v) is 5.63. The fraction of sp³-hybridized carbons (Fsp3) is 0.909. The number of carbonyl (C=O) groups is 1. The Kier molecular flexibility index (Phi) is 4.54. The Balaban J connectivity index is 2.46. The van der Waals surface area contributed by atoms with Gasteiger partial charge in [-0.2, -0.15) is 0 Å². The monoisotopic (exact) mass is 214 g/mol. The van der Waals surface area contributed by atoms with E-state index < -0.39 is 6.04 Å². The molecule has 0 aromatic heterocycles. The first-order valence-electron chi connectivity index (χ1n) is 5.63. The number of methoxy groups -OCH3 is 1. The minimum Gasteiger partial charge on any atom is -0.468 e. The number of hydrogen-bond acceptors (Lipinski definition) is 4. The van der Waals surface area contributed by atoms with Crippen LogP contribution < -0.4 is 5.73 Å². The van der Waals surface area contributed by atoms with Crippen molar-refractivity contribution in [1.82, 2.24) is 4.90 Å². The van der Waals surface area contributed by atoms with E-state index in [1.54, 1.807) is 0 Å². The number of hydrogen-bond donors (Lipinski definition) is 1. The number of nitrogens with zero attached hydrogens (tertiary/aromatic N) is 1. The summed E-state index contributed by atoms with van der Waals surface area (Å²) in [7, 11) is 1.38. The second kappa shape index (κ2) is 5.47. The van der Waals surface area contributed by atoms with Crippen LogP contribution in [0.2, 0.25) is 0 Å². The Hall–Kier alpha value is -0.610. The molecule has 0 aromatic carbocycles. The zero-order valence-electron chi connectivity index (χ0n) is 9.90. The van der Waals surface area contributed by atoms with Crippen LogP contribution in [0.4, 0.5) is 0 Å². The summed E-state index contributed by atoms with van der Waals surface area (Å²) in [4.78, 5) is 13.5. The third-order valence-corrected chi connectivity index (χ3v) is 3.44. The summed E-state index contributed by atoms with van der Waals surface area (Å²) in [5.41, 5.74) is 5.75. The maximum atomic E-state index is 11.2. The van der Waals surface area contributed by atoms with E-state index in [9.17, 15) is 4.79 Å². The van der Waals surface area contributed by atoms with Crippen LogP contribution in [0.5, 0.6) is 0 Å². The van der Waals surface area contributed by atoms with Gasteiger partial charge in [0.1, 0.15) is 6.04 Å². The van der Waals surface area contributed by atoms with Crippen molar-refractivity contribution in [3.8, 4) is 0 Å². The van der Waals surface area contributed by atoms with Gasteiger partial charge in [0.15, 0.2) is 0 Å². The number of rotatable bonds is 3. The maximum Gasteiger partial charge on any atom is 0.323 e. The molecule has 1 fully saturated rings. The van der Waals surface area contributed by atoms with E-state index in [4.69, 9.17) is 5.73 Å². The van der Waals surface area contributed by atoms with Crippen LogP contribution in [0.1, 0.15) is 26.7 Å². The molecular formula is C11H22N2O2. The fourth-order valence-electron chi connectivity index (χ4n) is 2.16. The van der Waals surface area contributed by atoms with Gasteiger partial charge < -0.3 is 10.5 Å². The summed E-state index contributed by atoms with van der Waals surface area (Å²) in [6, 6.07) is -0.00259. The van der Waals surface area contributed by atoms with E-state index in [2.05, 4.69) is 23.5 Å². The van der Waals surface area contributed by atoms with E-state index in [0.717, 1.165) is 6.54 Å². The second-order valence-electron chi connectivity index (χ2n) is 4.48. The van der Waals surface area contributed by atoms with Gasteiger partial charge in [0.2, 0.25) is 0 Å². The van der Waals surface area contributed by atoms with Gasteiger partial charge in [0, 0.05) is 12.6 Å². The van der Waals surface area contributed by atoms with Crippen molar-refractivity contribution < 1.29 is 9.53 Å². The van der Waals surface area contributed by atoms with Gasteiger partial charge in [-0.05, 0) is 32.2 Å². The van der Waals surface area contributed by atoms with Gasteiger partial charge in [0.05, 0.1) is 7.11 Å². The number of piperidine rings is 1. The van der Waals surface area contributed by atoms with Crippen LogP contribution in [0.15, 0.2) is 0 Å². The Labute approximate surface area is 91.8 Å². The molecule has 0 aliphatic carbocycles. The highest BCUT2D eigenvalue weighted by Gasteiger charge is 2.27. The smallest absolute Gasteiger partial charge is 0.323 e. The molecule has 1 aliphatic heterocycles. The first-order chi connectivity index (χ1) is 7.06. The lowest BCUT2D eigenvalue weighted by Crippen LogP contribution is -2.50. The van der Waals surface area contributed by atoms with Crippen LogP contribution in [0.3, 0.4) is 0 Å². The number of ether oxygens (including phenoxy) is 1. The third kappa shape index (κ3) is 3.18. The van der Waals surface area contributed by atoms with Crippen molar-refractivity contribution >= 4 is 5.97 Å². The number of carbonyl (C=O) groups excluding carboxylic acids is 1. The lowest BCUT2D eigenvalue weighted by molar-refractivity contribution is -0.142. The molecule has 3 unspecified atom stereocenters. The first kappa shape index (κ1) is 12.5. The van der Waals surface area contributed by atoms with Crippen LogP contribution in [-0.4, -0.2) is 43.2 Å². The molecule has 0 bridgehead atoms. The Bertz CT molecular complexity index is 221. The Morgan fingerprint density at radius 1 is 1.60 bits per heavy atom. The summed E-state index contributed by atoms with van der Waals surface area (Å²) >= 11 is 0. The summed E-state index contributed by atoms with van der Waals surface area (Å²) in [5, 5.41) is 0. The fourth-order valence-corrected chi connectivity index (χ4v) is 2.16. The van der Waals surface area contributed by atoms with Crippen molar-refractivity contribution in [2.24, 2.45) is 11.7 Å². The number of likely N-dealkylation sites (tertiary alicyclic amines) is 1. The molecule has 1 rings (SSSR count). The van der Waals surface area contributed by atoms with Crippen LogP contribution in [0.25, 0.3) is 0 Å². The van der Waals surface area contributed by atoms with Crippen molar-refractivity contribution in [3.63, 3.8) is 0 Å². The highest BCUT2D eigenvalue weighted by Crippen LogP contribution is 2.22. The molecular weight excluding hydrogens is 192 g/mol. The van der Waals surface area contributed by atoms with E-state index in [1.165, 1.54) is 20.0 Å². The van der Waals surface area contributed by atoms with E-state index in [-0.39, 0.29) is 5.97 Å². The van der Waals surface area contributed by atoms with Gasteiger partial charge in [-0.1, -0.05) is 6.92 Å². The molecule has 2 N–H and O–H groups in total. The standard InChI is InChI=1S/C11H22N2O2/c1-8-5-4-6-13(9(8)2)7-10(12)11(14)15-3/h8-10H,4-7,12H2,1-3H3. The summed E-state index contributed by atoms with van der Waals surface area (Å²) in [5.74, 6) is 0.365. The van der Waals surface area contributed by atoms with Gasteiger partial charge in [-0.3, -0.25) is 9.69 Å². The summed E-state index contributed by atoms with van der Waals surface area (Å²) < 4.78 is 4.63. The molecule has 1 saturated heterocycles.